The Morgan fingerprint density at radius 2 is 2.04 bits per heavy atom. The predicted molar refractivity (Wildman–Crippen MR) is 92.6 cm³/mol. The Bertz CT molecular complexity index is 834. The van der Waals surface area contributed by atoms with Gasteiger partial charge in [0.2, 0.25) is 0 Å². The third kappa shape index (κ3) is 3.56. The van der Waals surface area contributed by atoms with Gasteiger partial charge in [-0.05, 0) is 54.8 Å². The summed E-state index contributed by atoms with van der Waals surface area (Å²) < 4.78 is 14.9. The first-order chi connectivity index (χ1) is 11.7. The van der Waals surface area contributed by atoms with Crippen molar-refractivity contribution >= 4 is 23.3 Å². The van der Waals surface area contributed by atoms with Crippen molar-refractivity contribution < 1.29 is 9.18 Å². The molecule has 3 rings (SSSR count). The summed E-state index contributed by atoms with van der Waals surface area (Å²) in [6.45, 7) is 0. The van der Waals surface area contributed by atoms with Crippen LogP contribution in [0.2, 0.25) is 0 Å². The van der Waals surface area contributed by atoms with Crippen LogP contribution in [0.4, 0.5) is 4.39 Å². The molecule has 0 aliphatic heterocycles. The highest BCUT2D eigenvalue weighted by Gasteiger charge is 2.20. The first-order valence-electron chi connectivity index (χ1n) is 7.54. The van der Waals surface area contributed by atoms with Gasteiger partial charge in [-0.3, -0.25) is 9.20 Å². The number of hydrogen-bond acceptors (Lipinski definition) is 4. The monoisotopic (exact) mass is 344 g/mol. The number of aromatic nitrogens is 3. The fourth-order valence-corrected chi connectivity index (χ4v) is 2.91. The summed E-state index contributed by atoms with van der Waals surface area (Å²) in [4.78, 5) is 12.5. The minimum Gasteiger partial charge on any atom is -0.342 e. The molecule has 1 aromatic carbocycles. The van der Waals surface area contributed by atoms with Crippen molar-refractivity contribution in [3.63, 3.8) is 0 Å². The maximum absolute atomic E-state index is 13.0. The molecule has 0 bridgehead atoms. The Hall–Kier alpha value is -2.41. The van der Waals surface area contributed by atoms with E-state index in [1.54, 1.807) is 11.8 Å². The molecule has 24 heavy (non-hydrogen) atoms. The van der Waals surface area contributed by atoms with Crippen molar-refractivity contribution in [3.8, 4) is 0 Å². The van der Waals surface area contributed by atoms with Gasteiger partial charge in [0, 0.05) is 11.8 Å². The molecular weight excluding hydrogens is 327 g/mol. The van der Waals surface area contributed by atoms with Crippen LogP contribution < -0.4 is 5.32 Å². The third-order valence-electron chi connectivity index (χ3n) is 3.67. The zero-order valence-electron chi connectivity index (χ0n) is 13.1. The van der Waals surface area contributed by atoms with Crippen LogP contribution in [0.15, 0.2) is 48.7 Å². The number of rotatable bonds is 6. The van der Waals surface area contributed by atoms with Crippen LogP contribution in [0.25, 0.3) is 5.65 Å². The number of pyridine rings is 1. The Morgan fingerprint density at radius 3 is 2.79 bits per heavy atom. The lowest BCUT2D eigenvalue weighted by molar-refractivity contribution is 0.0933. The van der Waals surface area contributed by atoms with Crippen LogP contribution in [-0.2, 0) is 0 Å². The second kappa shape index (κ2) is 7.44. The summed E-state index contributed by atoms with van der Waals surface area (Å²) in [5.41, 5.74) is 1.15. The molecule has 0 aliphatic rings. The van der Waals surface area contributed by atoms with E-state index in [1.165, 1.54) is 24.3 Å². The van der Waals surface area contributed by atoms with Gasteiger partial charge in [-0.1, -0.05) is 6.07 Å². The van der Waals surface area contributed by atoms with E-state index in [4.69, 9.17) is 0 Å². The van der Waals surface area contributed by atoms with Crippen molar-refractivity contribution in [1.29, 1.82) is 0 Å². The van der Waals surface area contributed by atoms with Crippen molar-refractivity contribution in [3.05, 3.63) is 65.9 Å². The van der Waals surface area contributed by atoms with Crippen LogP contribution in [0.1, 0.15) is 28.6 Å². The number of nitrogens with one attached hydrogen (secondary N) is 1. The van der Waals surface area contributed by atoms with Crippen molar-refractivity contribution in [2.75, 3.05) is 12.0 Å². The summed E-state index contributed by atoms with van der Waals surface area (Å²) in [7, 11) is 0. The van der Waals surface area contributed by atoms with Gasteiger partial charge in [-0.15, -0.1) is 10.2 Å². The molecule has 0 saturated heterocycles. The summed E-state index contributed by atoms with van der Waals surface area (Å²) in [5.74, 6) is 0.939. The zero-order valence-corrected chi connectivity index (χ0v) is 14.0. The number of benzene rings is 1. The molecule has 0 fully saturated rings. The van der Waals surface area contributed by atoms with E-state index < -0.39 is 0 Å². The summed E-state index contributed by atoms with van der Waals surface area (Å²) in [6.07, 6.45) is 4.62. The second-order valence-electron chi connectivity index (χ2n) is 5.30. The highest BCUT2D eigenvalue weighted by atomic mass is 32.2. The molecule has 7 heteroatoms. The molecule has 124 valence electrons. The lowest BCUT2D eigenvalue weighted by Crippen LogP contribution is -2.30. The standard InChI is InChI=1S/C17H17FN4OS/c1-24-11-9-14(16-21-20-15-4-2-3-10-22(15)16)19-17(23)12-5-7-13(18)8-6-12/h2-8,10,14H,9,11H2,1H3,(H,19,23)/t14-/m0/s1. The maximum atomic E-state index is 13.0. The van der Waals surface area contributed by atoms with E-state index in [0.29, 0.717) is 11.4 Å². The average molecular weight is 344 g/mol. The SMILES string of the molecule is CSCC[C@H](NC(=O)c1ccc(F)cc1)c1nnc2ccccn12. The number of halogens is 1. The first-order valence-corrected chi connectivity index (χ1v) is 8.93. The third-order valence-corrected chi connectivity index (χ3v) is 4.32. The lowest BCUT2D eigenvalue weighted by atomic mass is 10.1. The molecule has 2 heterocycles. The summed E-state index contributed by atoms with van der Waals surface area (Å²) in [5, 5.41) is 11.4. The van der Waals surface area contributed by atoms with E-state index in [0.717, 1.165) is 17.8 Å². The molecule has 0 radical (unpaired) electrons. The first kappa shape index (κ1) is 16.4. The lowest BCUT2D eigenvalue weighted by Gasteiger charge is -2.17. The van der Waals surface area contributed by atoms with Gasteiger partial charge in [0.15, 0.2) is 11.5 Å². The van der Waals surface area contributed by atoms with E-state index in [9.17, 15) is 9.18 Å². The summed E-state index contributed by atoms with van der Waals surface area (Å²) in [6, 6.07) is 10.9. The second-order valence-corrected chi connectivity index (χ2v) is 6.29. The van der Waals surface area contributed by atoms with E-state index >= 15 is 0 Å². The molecule has 3 aromatic rings. The number of nitrogens with zero attached hydrogens (tertiary/aromatic N) is 3. The van der Waals surface area contributed by atoms with Crippen LogP contribution >= 0.6 is 11.8 Å². The molecule has 1 atom stereocenters. The van der Waals surface area contributed by atoms with Gasteiger partial charge < -0.3 is 5.32 Å². The fraction of sp³-hybridized carbons (Fsp3) is 0.235. The minimum atomic E-state index is -0.367. The zero-order chi connectivity index (χ0) is 16.9. The molecule has 0 saturated carbocycles. The van der Waals surface area contributed by atoms with Crippen LogP contribution in [0, 0.1) is 5.82 Å². The maximum Gasteiger partial charge on any atom is 0.251 e. The van der Waals surface area contributed by atoms with Crippen LogP contribution in [0.3, 0.4) is 0 Å². The largest absolute Gasteiger partial charge is 0.342 e. The Kier molecular flexibility index (Phi) is 5.10. The van der Waals surface area contributed by atoms with Gasteiger partial charge in [0.05, 0.1) is 6.04 Å². The summed E-state index contributed by atoms with van der Waals surface area (Å²) >= 11 is 1.70. The number of hydrogen-bond donors (Lipinski definition) is 1. The van der Waals surface area contributed by atoms with Gasteiger partial charge in [-0.25, -0.2) is 4.39 Å². The minimum absolute atomic E-state index is 0.256. The Labute approximate surface area is 143 Å². The van der Waals surface area contributed by atoms with E-state index in [-0.39, 0.29) is 17.8 Å². The molecule has 0 spiro atoms. The molecule has 1 amide bonds. The van der Waals surface area contributed by atoms with Gasteiger partial charge in [-0.2, -0.15) is 11.8 Å². The smallest absolute Gasteiger partial charge is 0.251 e. The topological polar surface area (TPSA) is 59.3 Å². The number of thioether (sulfide) groups is 1. The predicted octanol–water partition coefficient (Wildman–Crippen LogP) is 3.09. The molecule has 1 N–H and O–H groups in total. The van der Waals surface area contributed by atoms with Gasteiger partial charge in [0.25, 0.3) is 5.91 Å². The molecular formula is C17H17FN4OS. The Morgan fingerprint density at radius 1 is 1.25 bits per heavy atom. The number of fused-ring (bicyclic) bond motifs is 1. The Balaban J connectivity index is 1.86. The van der Waals surface area contributed by atoms with Crippen molar-refractivity contribution in [2.45, 2.75) is 12.5 Å². The molecule has 0 aliphatic carbocycles. The average Bonchev–Trinajstić information content (AvgIpc) is 3.03. The van der Waals surface area contributed by atoms with E-state index in [2.05, 4.69) is 15.5 Å². The quantitative estimate of drug-likeness (QED) is 0.746. The van der Waals surface area contributed by atoms with Crippen LogP contribution in [0.5, 0.6) is 0 Å². The van der Waals surface area contributed by atoms with E-state index in [1.807, 2.05) is 35.1 Å². The number of carbonyl (C=O) groups is 1. The molecule has 5 nitrogen and oxygen atoms in total. The fourth-order valence-electron chi connectivity index (χ4n) is 2.44. The highest BCUT2D eigenvalue weighted by Crippen LogP contribution is 2.19. The van der Waals surface area contributed by atoms with Crippen molar-refractivity contribution in [1.82, 2.24) is 19.9 Å². The normalized spacial score (nSPS) is 12.2. The number of carbonyl (C=O) groups excluding carboxylic acids is 1. The van der Waals surface area contributed by atoms with Crippen LogP contribution in [-0.4, -0.2) is 32.5 Å². The molecule has 2 aromatic heterocycles. The van der Waals surface area contributed by atoms with Gasteiger partial charge >= 0.3 is 0 Å². The number of amides is 1. The van der Waals surface area contributed by atoms with Crippen molar-refractivity contribution in [2.24, 2.45) is 0 Å². The molecule has 0 unspecified atom stereocenters. The highest BCUT2D eigenvalue weighted by molar-refractivity contribution is 7.98. The van der Waals surface area contributed by atoms with Gasteiger partial charge in [0.1, 0.15) is 5.82 Å².